The first-order valence-corrected chi connectivity index (χ1v) is 18.7. The molecule has 1 aliphatic carbocycles. The highest BCUT2D eigenvalue weighted by Gasteiger charge is 2.26. The van der Waals surface area contributed by atoms with Crippen LogP contribution in [0.15, 0.2) is 182 Å². The Morgan fingerprint density at radius 3 is 1.43 bits per heavy atom. The summed E-state index contributed by atoms with van der Waals surface area (Å²) < 4.78 is 0. The van der Waals surface area contributed by atoms with Crippen LogP contribution in [0.3, 0.4) is 0 Å². The number of nitrogens with zero attached hydrogens (tertiary/aromatic N) is 4. The van der Waals surface area contributed by atoms with E-state index < -0.39 is 0 Å². The third-order valence-corrected chi connectivity index (χ3v) is 11.1. The summed E-state index contributed by atoms with van der Waals surface area (Å²) in [5, 5.41) is 16.4. The van der Waals surface area contributed by atoms with Crippen molar-refractivity contribution in [3.63, 3.8) is 0 Å². The Bertz CT molecular complexity index is 3170. The zero-order valence-electron chi connectivity index (χ0n) is 30.1. The molecule has 4 nitrogen and oxygen atoms in total. The third kappa shape index (κ3) is 5.03. The number of fused-ring (bicyclic) bond motifs is 5. The van der Waals surface area contributed by atoms with Crippen molar-refractivity contribution < 1.29 is 0 Å². The van der Waals surface area contributed by atoms with E-state index in [0.29, 0.717) is 23.0 Å². The fraction of sp³-hybridized carbons (Fsp3) is 0. The van der Waals surface area contributed by atoms with Gasteiger partial charge >= 0.3 is 0 Å². The Labute approximate surface area is 323 Å². The molecule has 11 rings (SSSR count). The van der Waals surface area contributed by atoms with E-state index in [1.165, 1.54) is 44.2 Å². The molecule has 9 aromatic carbocycles. The molecule has 0 saturated carbocycles. The molecule has 0 radical (unpaired) electrons. The lowest BCUT2D eigenvalue weighted by Gasteiger charge is -2.18. The SMILES string of the molecule is N#Cc1ccc2cc(-c3ccc4c5c(ccc(-c6ccc(-c7nc(-c8ccccc8)nc(-c8ccccc8)n7)c7ccccc67)c35)-c3ccccc3-4)ccc2c1. The zero-order valence-corrected chi connectivity index (χ0v) is 30.1. The predicted octanol–water partition coefficient (Wildman–Crippen LogP) is 13.2. The van der Waals surface area contributed by atoms with E-state index in [1.54, 1.807) is 0 Å². The Morgan fingerprint density at radius 1 is 0.321 bits per heavy atom. The second-order valence-corrected chi connectivity index (χ2v) is 14.3. The van der Waals surface area contributed by atoms with Crippen LogP contribution in [0.1, 0.15) is 5.56 Å². The van der Waals surface area contributed by atoms with Gasteiger partial charge in [0.25, 0.3) is 0 Å². The molecular weight excluding hydrogens is 681 g/mol. The van der Waals surface area contributed by atoms with Gasteiger partial charge in [-0.2, -0.15) is 5.26 Å². The van der Waals surface area contributed by atoms with Crippen LogP contribution in [0, 0.1) is 11.3 Å². The average molecular weight is 711 g/mol. The fourth-order valence-corrected chi connectivity index (χ4v) is 8.50. The van der Waals surface area contributed by atoms with Crippen LogP contribution < -0.4 is 0 Å². The van der Waals surface area contributed by atoms with Crippen molar-refractivity contribution in [3.05, 3.63) is 188 Å². The van der Waals surface area contributed by atoms with Gasteiger partial charge in [-0.1, -0.05) is 158 Å². The van der Waals surface area contributed by atoms with E-state index in [0.717, 1.165) is 49.4 Å². The van der Waals surface area contributed by atoms with Gasteiger partial charge in [-0.25, -0.2) is 15.0 Å². The second kappa shape index (κ2) is 12.7. The van der Waals surface area contributed by atoms with Gasteiger partial charge in [0, 0.05) is 16.7 Å². The molecule has 0 aliphatic heterocycles. The quantitative estimate of drug-likeness (QED) is 0.178. The highest BCUT2D eigenvalue weighted by molar-refractivity contribution is 6.24. The zero-order chi connectivity index (χ0) is 37.2. The highest BCUT2D eigenvalue weighted by Crippen LogP contribution is 2.52. The van der Waals surface area contributed by atoms with Gasteiger partial charge < -0.3 is 0 Å². The molecule has 0 amide bonds. The van der Waals surface area contributed by atoms with Gasteiger partial charge in [-0.15, -0.1) is 0 Å². The van der Waals surface area contributed by atoms with E-state index >= 15 is 0 Å². The first kappa shape index (κ1) is 31.8. The molecule has 0 N–H and O–H groups in total. The first-order valence-electron chi connectivity index (χ1n) is 18.7. The van der Waals surface area contributed by atoms with Crippen molar-refractivity contribution in [3.8, 4) is 84.7 Å². The van der Waals surface area contributed by atoms with E-state index in [9.17, 15) is 5.26 Å². The number of rotatable bonds is 5. The van der Waals surface area contributed by atoms with Crippen molar-refractivity contribution in [2.45, 2.75) is 0 Å². The van der Waals surface area contributed by atoms with E-state index in [1.807, 2.05) is 78.9 Å². The summed E-state index contributed by atoms with van der Waals surface area (Å²) in [6.45, 7) is 0. The van der Waals surface area contributed by atoms with Crippen molar-refractivity contribution in [2.75, 3.05) is 0 Å². The summed E-state index contributed by atoms with van der Waals surface area (Å²) in [4.78, 5) is 15.2. The molecule has 56 heavy (non-hydrogen) atoms. The van der Waals surface area contributed by atoms with Gasteiger partial charge in [0.05, 0.1) is 11.6 Å². The van der Waals surface area contributed by atoms with Gasteiger partial charge in [-0.05, 0) is 101 Å². The minimum atomic E-state index is 0.632. The molecule has 4 heteroatoms. The summed E-state index contributed by atoms with van der Waals surface area (Å²) in [5.41, 5.74) is 13.1. The fourth-order valence-electron chi connectivity index (χ4n) is 8.50. The van der Waals surface area contributed by atoms with Crippen LogP contribution in [0.5, 0.6) is 0 Å². The van der Waals surface area contributed by atoms with Crippen LogP contribution >= 0.6 is 0 Å². The molecule has 0 unspecified atom stereocenters. The maximum absolute atomic E-state index is 9.54. The molecule has 0 atom stereocenters. The summed E-state index contributed by atoms with van der Waals surface area (Å²) in [6.07, 6.45) is 0. The van der Waals surface area contributed by atoms with Crippen molar-refractivity contribution in [2.24, 2.45) is 0 Å². The minimum Gasteiger partial charge on any atom is -0.208 e. The standard InChI is InChI=1S/C52H30N4/c53-31-32-19-20-36-30-37(22-21-35(36)29-32)38-23-25-44-40-16-8-9-17-41(40)45-26-27-46(48(38)49(44)45)43-24-28-47(42-18-10-7-15-39(42)43)52-55-50(33-11-3-1-4-12-33)54-51(56-52)34-13-5-2-6-14-34/h1-30H. The predicted molar refractivity (Wildman–Crippen MR) is 229 cm³/mol. The molecule has 0 fully saturated rings. The number of hydrogen-bond acceptors (Lipinski definition) is 4. The lowest BCUT2D eigenvalue weighted by molar-refractivity contribution is 1.08. The van der Waals surface area contributed by atoms with Crippen LogP contribution in [0.2, 0.25) is 0 Å². The molecule has 0 spiro atoms. The number of nitriles is 1. The molecule has 1 aromatic heterocycles. The molecule has 1 heterocycles. The number of benzene rings is 9. The smallest absolute Gasteiger partial charge is 0.164 e. The van der Waals surface area contributed by atoms with Crippen LogP contribution in [-0.2, 0) is 0 Å². The molecule has 258 valence electrons. The average Bonchev–Trinajstić information content (AvgIpc) is 3.60. The largest absolute Gasteiger partial charge is 0.208 e. The second-order valence-electron chi connectivity index (χ2n) is 14.3. The molecule has 1 aliphatic rings. The third-order valence-electron chi connectivity index (χ3n) is 11.1. The minimum absolute atomic E-state index is 0.632. The highest BCUT2D eigenvalue weighted by atomic mass is 15.0. The maximum atomic E-state index is 9.54. The topological polar surface area (TPSA) is 62.5 Å². The van der Waals surface area contributed by atoms with E-state index in [4.69, 9.17) is 15.0 Å². The summed E-state index contributed by atoms with van der Waals surface area (Å²) in [7, 11) is 0. The summed E-state index contributed by atoms with van der Waals surface area (Å²) >= 11 is 0. The molecule has 10 aromatic rings. The van der Waals surface area contributed by atoms with Crippen LogP contribution in [0.4, 0.5) is 0 Å². The maximum Gasteiger partial charge on any atom is 0.164 e. The number of hydrogen-bond donors (Lipinski definition) is 0. The monoisotopic (exact) mass is 710 g/mol. The number of aromatic nitrogens is 3. The lowest BCUT2D eigenvalue weighted by Crippen LogP contribution is -2.00. The first-order chi connectivity index (χ1) is 27.7. The molecule has 0 bridgehead atoms. The van der Waals surface area contributed by atoms with Gasteiger partial charge in [-0.3, -0.25) is 0 Å². The molecular formula is C52H30N4. The van der Waals surface area contributed by atoms with E-state index in [-0.39, 0.29) is 0 Å². The van der Waals surface area contributed by atoms with Crippen LogP contribution in [-0.4, -0.2) is 15.0 Å². The van der Waals surface area contributed by atoms with Gasteiger partial charge in [0.1, 0.15) is 0 Å². The Morgan fingerprint density at radius 2 is 0.786 bits per heavy atom. The van der Waals surface area contributed by atoms with Gasteiger partial charge in [0.15, 0.2) is 17.5 Å². The Hall–Kier alpha value is -7.74. The van der Waals surface area contributed by atoms with Gasteiger partial charge in [0.2, 0.25) is 0 Å². The molecule has 0 saturated heterocycles. The summed E-state index contributed by atoms with van der Waals surface area (Å²) in [5.74, 6) is 1.91. The van der Waals surface area contributed by atoms with Crippen LogP contribution in [0.25, 0.3) is 111 Å². The van der Waals surface area contributed by atoms with E-state index in [2.05, 4.69) is 109 Å². The normalized spacial score (nSPS) is 11.6. The summed E-state index contributed by atoms with van der Waals surface area (Å²) in [6, 6.07) is 65.9. The lowest BCUT2D eigenvalue weighted by atomic mass is 9.86. The van der Waals surface area contributed by atoms with Crippen molar-refractivity contribution in [1.29, 1.82) is 5.26 Å². The Balaban J connectivity index is 1.16. The van der Waals surface area contributed by atoms with Crippen molar-refractivity contribution in [1.82, 2.24) is 15.0 Å². The van der Waals surface area contributed by atoms with Crippen molar-refractivity contribution >= 4 is 32.3 Å². The Kier molecular flexibility index (Phi) is 7.20.